The van der Waals surface area contributed by atoms with E-state index in [9.17, 15) is 13.2 Å². The third-order valence-corrected chi connectivity index (χ3v) is 5.14. The van der Waals surface area contributed by atoms with Crippen molar-refractivity contribution >= 4 is 23.1 Å². The second-order valence-corrected chi connectivity index (χ2v) is 8.01. The SMILES string of the molecule is CC(C)CNCc1sc(CSCC(C)C)nc1C(F)(F)F. The number of nitrogens with one attached hydrogen (secondary N) is 1. The normalized spacial score (nSPS) is 12.6. The van der Waals surface area contributed by atoms with Gasteiger partial charge in [-0.05, 0) is 24.1 Å². The van der Waals surface area contributed by atoms with E-state index in [1.807, 2.05) is 13.8 Å². The summed E-state index contributed by atoms with van der Waals surface area (Å²) in [4.78, 5) is 4.10. The van der Waals surface area contributed by atoms with Crippen molar-refractivity contribution in [1.29, 1.82) is 0 Å². The zero-order valence-corrected chi connectivity index (χ0v) is 14.5. The number of nitrogens with zero attached hydrogens (tertiary/aromatic N) is 1. The average molecular weight is 340 g/mol. The second-order valence-electron chi connectivity index (χ2n) is 5.81. The molecule has 1 heterocycles. The summed E-state index contributed by atoms with van der Waals surface area (Å²) in [5.74, 6) is 2.43. The highest BCUT2D eigenvalue weighted by Crippen LogP contribution is 2.35. The summed E-state index contributed by atoms with van der Waals surface area (Å²) in [7, 11) is 0. The first kappa shape index (κ1) is 18.8. The van der Waals surface area contributed by atoms with Gasteiger partial charge in [-0.1, -0.05) is 27.7 Å². The molecule has 0 saturated carbocycles. The van der Waals surface area contributed by atoms with Crippen molar-refractivity contribution in [3.05, 3.63) is 15.6 Å². The summed E-state index contributed by atoms with van der Waals surface area (Å²) in [6.45, 7) is 9.18. The molecule has 2 nitrogen and oxygen atoms in total. The fraction of sp³-hybridized carbons (Fsp3) is 0.786. The maximum absolute atomic E-state index is 13.0. The molecule has 0 atom stereocenters. The van der Waals surface area contributed by atoms with Crippen LogP contribution in [0.4, 0.5) is 13.2 Å². The Morgan fingerprint density at radius 2 is 1.86 bits per heavy atom. The minimum atomic E-state index is -4.37. The molecule has 1 rings (SSSR count). The van der Waals surface area contributed by atoms with Gasteiger partial charge in [0, 0.05) is 12.3 Å². The Hall–Kier alpha value is -0.270. The van der Waals surface area contributed by atoms with Gasteiger partial charge < -0.3 is 5.32 Å². The molecule has 0 fully saturated rings. The van der Waals surface area contributed by atoms with Crippen molar-refractivity contribution in [3.63, 3.8) is 0 Å². The largest absolute Gasteiger partial charge is 0.434 e. The van der Waals surface area contributed by atoms with Crippen LogP contribution in [0.15, 0.2) is 0 Å². The van der Waals surface area contributed by atoms with Crippen LogP contribution in [0.1, 0.15) is 43.3 Å². The summed E-state index contributed by atoms with van der Waals surface area (Å²) in [5, 5.41) is 3.63. The lowest BCUT2D eigenvalue weighted by molar-refractivity contribution is -0.141. The van der Waals surface area contributed by atoms with Gasteiger partial charge in [0.05, 0.1) is 4.88 Å². The van der Waals surface area contributed by atoms with E-state index >= 15 is 0 Å². The van der Waals surface area contributed by atoms with Crippen LogP contribution in [0.5, 0.6) is 0 Å². The molecule has 0 aliphatic heterocycles. The zero-order valence-electron chi connectivity index (χ0n) is 12.9. The Morgan fingerprint density at radius 1 is 1.19 bits per heavy atom. The van der Waals surface area contributed by atoms with E-state index in [1.54, 1.807) is 11.8 Å². The Bertz CT molecular complexity index is 428. The number of thioether (sulfide) groups is 1. The van der Waals surface area contributed by atoms with E-state index < -0.39 is 11.9 Å². The van der Waals surface area contributed by atoms with Crippen LogP contribution in [0.2, 0.25) is 0 Å². The van der Waals surface area contributed by atoms with Crippen LogP contribution in [-0.4, -0.2) is 17.3 Å². The summed E-state index contributed by atoms with van der Waals surface area (Å²) in [6.07, 6.45) is -4.37. The standard InChI is InChI=1S/C14H23F3N2S2/c1-9(2)5-18-6-11-13(14(15,16)17)19-12(21-11)8-20-7-10(3)4/h9-10,18H,5-8H2,1-4H3. The van der Waals surface area contributed by atoms with Crippen LogP contribution in [-0.2, 0) is 18.5 Å². The number of rotatable bonds is 8. The molecule has 0 amide bonds. The molecule has 0 unspecified atom stereocenters. The van der Waals surface area contributed by atoms with Gasteiger partial charge >= 0.3 is 6.18 Å². The van der Waals surface area contributed by atoms with Crippen LogP contribution in [0.3, 0.4) is 0 Å². The molecular formula is C14H23F3N2S2. The van der Waals surface area contributed by atoms with Crippen molar-refractivity contribution in [3.8, 4) is 0 Å². The van der Waals surface area contributed by atoms with Gasteiger partial charge in [-0.3, -0.25) is 0 Å². The Kier molecular flexibility index (Phi) is 7.50. The lowest BCUT2D eigenvalue weighted by atomic mass is 10.2. The van der Waals surface area contributed by atoms with Crippen molar-refractivity contribution in [2.75, 3.05) is 12.3 Å². The van der Waals surface area contributed by atoms with Gasteiger partial charge in [-0.2, -0.15) is 24.9 Å². The van der Waals surface area contributed by atoms with Crippen molar-refractivity contribution in [2.45, 2.75) is 46.2 Å². The summed E-state index contributed by atoms with van der Waals surface area (Å²) >= 11 is 2.81. The predicted octanol–water partition coefficient (Wildman–Crippen LogP) is 4.80. The highest BCUT2D eigenvalue weighted by atomic mass is 32.2. The summed E-state index contributed by atoms with van der Waals surface area (Å²) in [5.41, 5.74) is -0.719. The molecule has 7 heteroatoms. The average Bonchev–Trinajstić information content (AvgIpc) is 2.71. The third kappa shape index (κ3) is 7.02. The molecule has 0 bridgehead atoms. The van der Waals surface area contributed by atoms with Crippen molar-refractivity contribution in [1.82, 2.24) is 10.3 Å². The van der Waals surface area contributed by atoms with E-state index in [0.29, 0.717) is 34.0 Å². The van der Waals surface area contributed by atoms with Gasteiger partial charge in [-0.15, -0.1) is 11.3 Å². The van der Waals surface area contributed by atoms with E-state index in [4.69, 9.17) is 0 Å². The van der Waals surface area contributed by atoms with E-state index in [-0.39, 0.29) is 6.54 Å². The second kappa shape index (κ2) is 8.39. The molecule has 0 spiro atoms. The quantitative estimate of drug-likeness (QED) is 0.736. The Labute approximate surface area is 132 Å². The summed E-state index contributed by atoms with van der Waals surface area (Å²) in [6, 6.07) is 0. The lowest BCUT2D eigenvalue weighted by Gasteiger charge is -2.08. The molecule has 0 aliphatic carbocycles. The molecule has 0 aromatic carbocycles. The zero-order chi connectivity index (χ0) is 16.0. The number of aromatic nitrogens is 1. The lowest BCUT2D eigenvalue weighted by Crippen LogP contribution is -2.20. The molecule has 0 aliphatic rings. The van der Waals surface area contributed by atoms with Crippen molar-refractivity contribution in [2.24, 2.45) is 11.8 Å². The van der Waals surface area contributed by atoms with E-state index in [0.717, 1.165) is 5.75 Å². The topological polar surface area (TPSA) is 24.9 Å². The van der Waals surface area contributed by atoms with Crippen LogP contribution >= 0.6 is 23.1 Å². The minimum Gasteiger partial charge on any atom is -0.312 e. The third-order valence-electron chi connectivity index (χ3n) is 2.53. The first-order valence-electron chi connectivity index (χ1n) is 7.04. The van der Waals surface area contributed by atoms with Gasteiger partial charge in [0.25, 0.3) is 0 Å². The number of halogens is 3. The summed E-state index contributed by atoms with van der Waals surface area (Å²) < 4.78 is 39.0. The minimum absolute atomic E-state index is 0.236. The van der Waals surface area contributed by atoms with Crippen molar-refractivity contribution < 1.29 is 13.2 Å². The maximum Gasteiger partial charge on any atom is 0.434 e. The fourth-order valence-electron chi connectivity index (χ4n) is 1.66. The van der Waals surface area contributed by atoms with Gasteiger partial charge in [0.15, 0.2) is 5.69 Å². The Balaban J connectivity index is 2.72. The van der Waals surface area contributed by atoms with Gasteiger partial charge in [0.2, 0.25) is 0 Å². The highest BCUT2D eigenvalue weighted by Gasteiger charge is 2.37. The van der Waals surface area contributed by atoms with Crippen LogP contribution < -0.4 is 5.32 Å². The smallest absolute Gasteiger partial charge is 0.312 e. The van der Waals surface area contributed by atoms with Gasteiger partial charge in [0.1, 0.15) is 5.01 Å². The Morgan fingerprint density at radius 3 is 2.38 bits per heavy atom. The molecule has 0 radical (unpaired) electrons. The molecular weight excluding hydrogens is 317 g/mol. The maximum atomic E-state index is 13.0. The predicted molar refractivity (Wildman–Crippen MR) is 84.7 cm³/mol. The molecule has 21 heavy (non-hydrogen) atoms. The van der Waals surface area contributed by atoms with E-state index in [1.165, 1.54) is 11.3 Å². The molecule has 1 N–H and O–H groups in total. The van der Waals surface area contributed by atoms with Gasteiger partial charge in [-0.25, -0.2) is 4.98 Å². The highest BCUT2D eigenvalue weighted by molar-refractivity contribution is 7.98. The number of hydrogen-bond donors (Lipinski definition) is 1. The van der Waals surface area contributed by atoms with E-state index in [2.05, 4.69) is 24.1 Å². The first-order valence-corrected chi connectivity index (χ1v) is 9.01. The molecule has 0 saturated heterocycles. The first-order chi connectivity index (χ1) is 9.70. The molecule has 1 aromatic rings. The number of hydrogen-bond acceptors (Lipinski definition) is 4. The molecule has 1 aromatic heterocycles. The number of thiazole rings is 1. The number of alkyl halides is 3. The van der Waals surface area contributed by atoms with Crippen LogP contribution in [0, 0.1) is 11.8 Å². The molecule has 122 valence electrons. The monoisotopic (exact) mass is 340 g/mol. The van der Waals surface area contributed by atoms with Crippen LogP contribution in [0.25, 0.3) is 0 Å². The fourth-order valence-corrected chi connectivity index (χ4v) is 3.83.